The Hall–Kier alpha value is -1.82. The molecule has 4 rings (SSSR count). The van der Waals surface area contributed by atoms with Crippen LogP contribution in [0.4, 0.5) is 0 Å². The van der Waals surface area contributed by atoms with Crippen LogP contribution in [-0.4, -0.2) is 34.8 Å². The highest BCUT2D eigenvalue weighted by Gasteiger charge is 2.19. The lowest BCUT2D eigenvalue weighted by molar-refractivity contribution is 0.415. The summed E-state index contributed by atoms with van der Waals surface area (Å²) in [5.74, 6) is 1.35. The predicted molar refractivity (Wildman–Crippen MR) is 104 cm³/mol. The third-order valence-corrected chi connectivity index (χ3v) is 4.49. The van der Waals surface area contributed by atoms with Gasteiger partial charge < -0.3 is 10.1 Å². The average molecular weight is 381 g/mol. The molecule has 0 saturated carbocycles. The van der Waals surface area contributed by atoms with Gasteiger partial charge in [-0.3, -0.25) is 0 Å². The quantitative estimate of drug-likeness (QED) is 0.752. The molecular weight excluding hydrogens is 359 g/mol. The van der Waals surface area contributed by atoms with E-state index in [1.165, 1.54) is 18.5 Å². The van der Waals surface area contributed by atoms with Gasteiger partial charge in [0.2, 0.25) is 0 Å². The van der Waals surface area contributed by atoms with Crippen LogP contribution in [0.1, 0.15) is 24.5 Å². The number of aromatic nitrogens is 3. The summed E-state index contributed by atoms with van der Waals surface area (Å²) in [5.41, 5.74) is 4.15. The van der Waals surface area contributed by atoms with Crippen molar-refractivity contribution in [3.63, 3.8) is 0 Å². The third kappa shape index (κ3) is 3.89. The van der Waals surface area contributed by atoms with Crippen LogP contribution in [0.2, 0.25) is 0 Å². The molecular formula is C18H22Cl2N4O. The molecule has 1 aliphatic heterocycles. The molecule has 2 aromatic heterocycles. The van der Waals surface area contributed by atoms with Gasteiger partial charge in [-0.2, -0.15) is 5.10 Å². The van der Waals surface area contributed by atoms with E-state index in [1.807, 2.05) is 41.0 Å². The van der Waals surface area contributed by atoms with E-state index in [9.17, 15) is 0 Å². The van der Waals surface area contributed by atoms with Gasteiger partial charge in [-0.1, -0.05) is 0 Å². The third-order valence-electron chi connectivity index (χ3n) is 4.49. The van der Waals surface area contributed by atoms with Crippen LogP contribution in [-0.2, 0) is 0 Å². The van der Waals surface area contributed by atoms with Gasteiger partial charge in [0.25, 0.3) is 0 Å². The number of hydrogen-bond acceptors (Lipinski definition) is 4. The molecule has 1 N–H and O–H groups in total. The smallest absolute Gasteiger partial charge is 0.155 e. The number of halogens is 2. The first-order valence-corrected chi connectivity index (χ1v) is 8.05. The summed E-state index contributed by atoms with van der Waals surface area (Å²) in [6, 6.07) is 12.1. The van der Waals surface area contributed by atoms with Crippen LogP contribution in [0.3, 0.4) is 0 Å². The second-order valence-electron chi connectivity index (χ2n) is 5.94. The van der Waals surface area contributed by atoms with E-state index >= 15 is 0 Å². The number of methoxy groups -OCH3 is 1. The summed E-state index contributed by atoms with van der Waals surface area (Å²) in [7, 11) is 1.67. The molecule has 0 amide bonds. The SMILES string of the molecule is COc1ccc(-c2cc3nccc(C4CCCNC4)n3n2)cc1.Cl.Cl. The highest BCUT2D eigenvalue weighted by molar-refractivity contribution is 5.85. The van der Waals surface area contributed by atoms with Crippen LogP contribution >= 0.6 is 24.8 Å². The first-order valence-electron chi connectivity index (χ1n) is 8.05. The number of nitrogens with one attached hydrogen (secondary N) is 1. The summed E-state index contributed by atoms with van der Waals surface area (Å²) < 4.78 is 7.21. The lowest BCUT2D eigenvalue weighted by Gasteiger charge is -2.23. The second-order valence-corrected chi connectivity index (χ2v) is 5.94. The lowest BCUT2D eigenvalue weighted by atomic mass is 9.96. The largest absolute Gasteiger partial charge is 0.497 e. The Bertz CT molecular complexity index is 814. The maximum absolute atomic E-state index is 5.22. The highest BCUT2D eigenvalue weighted by Crippen LogP contribution is 2.26. The van der Waals surface area contributed by atoms with E-state index in [-0.39, 0.29) is 24.8 Å². The molecule has 0 bridgehead atoms. The average Bonchev–Trinajstić information content (AvgIpc) is 3.06. The monoisotopic (exact) mass is 380 g/mol. The number of fused-ring (bicyclic) bond motifs is 1. The van der Waals surface area contributed by atoms with E-state index < -0.39 is 0 Å². The van der Waals surface area contributed by atoms with Crippen molar-refractivity contribution < 1.29 is 4.74 Å². The molecule has 3 aromatic rings. The van der Waals surface area contributed by atoms with Crippen molar-refractivity contribution in [2.45, 2.75) is 18.8 Å². The Morgan fingerprint density at radius 1 is 1.16 bits per heavy atom. The normalized spacial score (nSPS) is 16.8. The van der Waals surface area contributed by atoms with Crippen LogP contribution < -0.4 is 10.1 Å². The van der Waals surface area contributed by atoms with E-state index in [4.69, 9.17) is 9.84 Å². The summed E-state index contributed by atoms with van der Waals surface area (Å²) in [6.07, 6.45) is 4.30. The van der Waals surface area contributed by atoms with E-state index in [2.05, 4.69) is 16.4 Å². The van der Waals surface area contributed by atoms with Crippen LogP contribution in [0, 0.1) is 0 Å². The minimum atomic E-state index is 0. The molecule has 0 aliphatic carbocycles. The summed E-state index contributed by atoms with van der Waals surface area (Å²) in [6.45, 7) is 2.12. The molecule has 1 unspecified atom stereocenters. The standard InChI is InChI=1S/C18H20N4O.2ClH/c1-23-15-6-4-13(5-7-15)16-11-18-20-10-8-17(22(18)21-16)14-3-2-9-19-12-14;;/h4-8,10-11,14,19H,2-3,9,12H2,1H3;2*1H. The van der Waals surface area contributed by atoms with Gasteiger partial charge >= 0.3 is 0 Å². The topological polar surface area (TPSA) is 51.5 Å². The molecule has 1 atom stereocenters. The van der Waals surface area contributed by atoms with Crippen molar-refractivity contribution in [3.05, 3.63) is 48.3 Å². The van der Waals surface area contributed by atoms with E-state index in [1.54, 1.807) is 7.11 Å². The Morgan fingerprint density at radius 3 is 2.64 bits per heavy atom. The zero-order valence-corrected chi connectivity index (χ0v) is 15.6. The fourth-order valence-electron chi connectivity index (χ4n) is 3.23. The lowest BCUT2D eigenvalue weighted by Crippen LogP contribution is -2.29. The van der Waals surface area contributed by atoms with Gasteiger partial charge in [0, 0.05) is 30.3 Å². The number of nitrogens with zero attached hydrogens (tertiary/aromatic N) is 3. The number of piperidine rings is 1. The van der Waals surface area contributed by atoms with Crippen molar-refractivity contribution in [3.8, 4) is 17.0 Å². The zero-order chi connectivity index (χ0) is 15.6. The Kier molecular flexibility index (Phi) is 6.64. The van der Waals surface area contributed by atoms with Crippen molar-refractivity contribution in [1.29, 1.82) is 0 Å². The van der Waals surface area contributed by atoms with Gasteiger partial charge in [0.15, 0.2) is 5.65 Å². The van der Waals surface area contributed by atoms with Crippen LogP contribution in [0.15, 0.2) is 42.6 Å². The fourth-order valence-corrected chi connectivity index (χ4v) is 3.23. The molecule has 25 heavy (non-hydrogen) atoms. The number of rotatable bonds is 3. The number of hydrogen-bond donors (Lipinski definition) is 1. The van der Waals surface area contributed by atoms with E-state index in [0.717, 1.165) is 35.7 Å². The highest BCUT2D eigenvalue weighted by atomic mass is 35.5. The fraction of sp³-hybridized carbons (Fsp3) is 0.333. The van der Waals surface area contributed by atoms with Gasteiger partial charge in [-0.25, -0.2) is 9.50 Å². The number of ether oxygens (including phenoxy) is 1. The minimum absolute atomic E-state index is 0. The summed E-state index contributed by atoms with van der Waals surface area (Å²) >= 11 is 0. The molecule has 7 heteroatoms. The molecule has 3 heterocycles. The Morgan fingerprint density at radius 2 is 1.96 bits per heavy atom. The predicted octanol–water partition coefficient (Wildman–Crippen LogP) is 3.72. The van der Waals surface area contributed by atoms with Gasteiger partial charge in [0.05, 0.1) is 18.5 Å². The van der Waals surface area contributed by atoms with E-state index in [0.29, 0.717) is 5.92 Å². The molecule has 5 nitrogen and oxygen atoms in total. The van der Waals surface area contributed by atoms with Crippen molar-refractivity contribution in [1.82, 2.24) is 19.9 Å². The second kappa shape index (κ2) is 8.52. The first kappa shape index (κ1) is 19.5. The van der Waals surface area contributed by atoms with Gasteiger partial charge in [0.1, 0.15) is 5.75 Å². The van der Waals surface area contributed by atoms with Crippen molar-refractivity contribution >= 4 is 30.5 Å². The zero-order valence-electron chi connectivity index (χ0n) is 14.0. The molecule has 1 aromatic carbocycles. The molecule has 0 spiro atoms. The molecule has 1 aliphatic rings. The summed E-state index contributed by atoms with van der Waals surface area (Å²) in [5, 5.41) is 8.27. The summed E-state index contributed by atoms with van der Waals surface area (Å²) in [4.78, 5) is 4.47. The van der Waals surface area contributed by atoms with Crippen molar-refractivity contribution in [2.24, 2.45) is 0 Å². The van der Waals surface area contributed by atoms with Crippen molar-refractivity contribution in [2.75, 3.05) is 20.2 Å². The molecule has 0 radical (unpaired) electrons. The van der Waals surface area contributed by atoms with Crippen LogP contribution in [0.25, 0.3) is 16.9 Å². The Balaban J connectivity index is 0.00000113. The Labute approximate surface area is 159 Å². The maximum atomic E-state index is 5.22. The van der Waals surface area contributed by atoms with Gasteiger partial charge in [-0.15, -0.1) is 24.8 Å². The molecule has 1 fully saturated rings. The molecule has 1 saturated heterocycles. The first-order chi connectivity index (χ1) is 11.3. The maximum Gasteiger partial charge on any atom is 0.155 e. The molecule has 134 valence electrons. The van der Waals surface area contributed by atoms with Crippen LogP contribution in [0.5, 0.6) is 5.75 Å². The van der Waals surface area contributed by atoms with Gasteiger partial charge in [-0.05, 0) is 49.7 Å². The number of benzene rings is 1. The minimum Gasteiger partial charge on any atom is -0.497 e.